The van der Waals surface area contributed by atoms with E-state index in [-0.39, 0.29) is 6.09 Å². The second-order valence-electron chi connectivity index (χ2n) is 3.64. The third kappa shape index (κ3) is 4.46. The highest BCUT2D eigenvalue weighted by molar-refractivity contribution is 5.66. The monoisotopic (exact) mass is 200 g/mol. The van der Waals surface area contributed by atoms with Crippen LogP contribution in [0, 0.1) is 0 Å². The van der Waals surface area contributed by atoms with Crippen LogP contribution in [0.2, 0.25) is 0 Å². The summed E-state index contributed by atoms with van der Waals surface area (Å²) in [7, 11) is 1.58. The van der Waals surface area contributed by atoms with E-state index < -0.39 is 0 Å². The van der Waals surface area contributed by atoms with Crippen molar-refractivity contribution in [3.8, 4) is 0 Å². The maximum Gasteiger partial charge on any atom is 0.406 e. The number of carbonyl (C=O) groups is 1. The van der Waals surface area contributed by atoms with Gasteiger partial charge in [-0.3, -0.25) is 0 Å². The molecule has 1 N–H and O–H groups in total. The highest BCUT2D eigenvalue weighted by atomic mass is 16.5. The molecule has 82 valence electrons. The predicted molar refractivity (Wildman–Crippen MR) is 55.3 cm³/mol. The molecule has 0 aliphatic carbocycles. The number of nitrogens with zero attached hydrogens (tertiary/aromatic N) is 1. The molecule has 0 bridgehead atoms. The van der Waals surface area contributed by atoms with Crippen LogP contribution in [-0.2, 0) is 4.74 Å². The molecule has 4 heteroatoms. The molecule has 1 saturated heterocycles. The van der Waals surface area contributed by atoms with Crippen molar-refractivity contribution in [2.24, 2.45) is 0 Å². The van der Waals surface area contributed by atoms with Gasteiger partial charge >= 0.3 is 6.09 Å². The van der Waals surface area contributed by atoms with Crippen molar-refractivity contribution in [2.75, 3.05) is 33.3 Å². The molecule has 1 aliphatic heterocycles. The van der Waals surface area contributed by atoms with Crippen LogP contribution in [0.5, 0.6) is 0 Å². The number of ether oxygens (including phenoxy) is 1. The van der Waals surface area contributed by atoms with Crippen molar-refractivity contribution >= 4 is 6.09 Å². The number of piperidine rings is 1. The third-order valence-corrected chi connectivity index (χ3v) is 2.50. The first-order chi connectivity index (χ1) is 6.83. The molecule has 0 aromatic carbocycles. The van der Waals surface area contributed by atoms with Crippen molar-refractivity contribution in [1.29, 1.82) is 0 Å². The van der Waals surface area contributed by atoms with Crippen molar-refractivity contribution in [2.45, 2.75) is 25.7 Å². The quantitative estimate of drug-likeness (QED) is 0.694. The van der Waals surface area contributed by atoms with Crippen LogP contribution >= 0.6 is 0 Å². The Morgan fingerprint density at radius 2 is 2.07 bits per heavy atom. The Balaban J connectivity index is 1.94. The molecule has 0 aromatic rings. The van der Waals surface area contributed by atoms with Gasteiger partial charge in [0, 0.05) is 13.6 Å². The topological polar surface area (TPSA) is 41.6 Å². The molecule has 14 heavy (non-hydrogen) atoms. The van der Waals surface area contributed by atoms with E-state index in [2.05, 4.69) is 10.2 Å². The first-order valence-electron chi connectivity index (χ1n) is 5.40. The Morgan fingerprint density at radius 1 is 1.36 bits per heavy atom. The van der Waals surface area contributed by atoms with Gasteiger partial charge in [-0.1, -0.05) is 6.42 Å². The molecule has 0 aromatic heterocycles. The minimum Gasteiger partial charge on any atom is -0.450 e. The van der Waals surface area contributed by atoms with Crippen molar-refractivity contribution in [3.05, 3.63) is 0 Å². The lowest BCUT2D eigenvalue weighted by Gasteiger charge is -2.26. The molecule has 1 amide bonds. The van der Waals surface area contributed by atoms with E-state index >= 15 is 0 Å². The number of alkyl carbamates (subject to hydrolysis) is 1. The summed E-state index contributed by atoms with van der Waals surface area (Å²) in [5, 5.41) is 2.43. The predicted octanol–water partition coefficient (Wildman–Crippen LogP) is 1.22. The van der Waals surface area contributed by atoms with Crippen LogP contribution < -0.4 is 5.32 Å². The fraction of sp³-hybridized carbons (Fsp3) is 0.900. The molecule has 0 atom stereocenters. The number of amides is 1. The van der Waals surface area contributed by atoms with E-state index in [9.17, 15) is 4.79 Å². The first kappa shape index (κ1) is 11.3. The van der Waals surface area contributed by atoms with Gasteiger partial charge < -0.3 is 15.0 Å². The van der Waals surface area contributed by atoms with Crippen LogP contribution in [-0.4, -0.2) is 44.3 Å². The molecule has 0 unspecified atom stereocenters. The van der Waals surface area contributed by atoms with Gasteiger partial charge in [0.2, 0.25) is 0 Å². The first-order valence-corrected chi connectivity index (χ1v) is 5.40. The fourth-order valence-electron chi connectivity index (χ4n) is 1.71. The number of rotatable bonds is 4. The third-order valence-electron chi connectivity index (χ3n) is 2.50. The zero-order valence-corrected chi connectivity index (χ0v) is 8.92. The van der Waals surface area contributed by atoms with Gasteiger partial charge in [0.15, 0.2) is 0 Å². The average Bonchev–Trinajstić information content (AvgIpc) is 2.25. The van der Waals surface area contributed by atoms with Crippen LogP contribution in [0.1, 0.15) is 25.7 Å². The Bertz CT molecular complexity index is 168. The van der Waals surface area contributed by atoms with Gasteiger partial charge in [-0.15, -0.1) is 0 Å². The number of likely N-dealkylation sites (tertiary alicyclic amines) is 1. The molecule has 0 spiro atoms. The summed E-state index contributed by atoms with van der Waals surface area (Å²) in [6, 6.07) is 0. The van der Waals surface area contributed by atoms with E-state index in [0.29, 0.717) is 6.61 Å². The van der Waals surface area contributed by atoms with Crippen molar-refractivity contribution in [3.63, 3.8) is 0 Å². The normalized spacial score (nSPS) is 17.8. The van der Waals surface area contributed by atoms with Crippen LogP contribution in [0.3, 0.4) is 0 Å². The molecule has 1 fully saturated rings. The second-order valence-corrected chi connectivity index (χ2v) is 3.64. The molecule has 4 nitrogen and oxygen atoms in total. The van der Waals surface area contributed by atoms with E-state index in [1.165, 1.54) is 32.4 Å². The number of carbonyl (C=O) groups excluding carboxylic acids is 1. The fourth-order valence-corrected chi connectivity index (χ4v) is 1.71. The zero-order valence-electron chi connectivity index (χ0n) is 8.92. The maximum atomic E-state index is 10.7. The van der Waals surface area contributed by atoms with Gasteiger partial charge in [-0.2, -0.15) is 0 Å². The Labute approximate surface area is 85.6 Å². The van der Waals surface area contributed by atoms with E-state index in [0.717, 1.165) is 13.0 Å². The number of nitrogens with one attached hydrogen (secondary N) is 1. The number of hydrogen-bond donors (Lipinski definition) is 1. The van der Waals surface area contributed by atoms with Gasteiger partial charge in [0.05, 0.1) is 6.61 Å². The summed E-state index contributed by atoms with van der Waals surface area (Å²) in [4.78, 5) is 13.2. The summed E-state index contributed by atoms with van der Waals surface area (Å²) >= 11 is 0. The smallest absolute Gasteiger partial charge is 0.406 e. The highest BCUT2D eigenvalue weighted by Gasteiger charge is 2.09. The van der Waals surface area contributed by atoms with Gasteiger partial charge in [-0.05, 0) is 32.4 Å². The minimum absolute atomic E-state index is 0.330. The number of hydrogen-bond acceptors (Lipinski definition) is 3. The second kappa shape index (κ2) is 6.65. The van der Waals surface area contributed by atoms with E-state index in [1.807, 2.05) is 0 Å². The molecular weight excluding hydrogens is 180 g/mol. The minimum atomic E-state index is -0.330. The Morgan fingerprint density at radius 3 is 2.71 bits per heavy atom. The lowest BCUT2D eigenvalue weighted by molar-refractivity contribution is 0.137. The average molecular weight is 200 g/mol. The van der Waals surface area contributed by atoms with Gasteiger partial charge in [0.1, 0.15) is 0 Å². The SMILES string of the molecule is CNC(=O)OCCCN1CCCCC1. The molecular formula is C10H20N2O2. The Kier molecular flexibility index (Phi) is 5.37. The maximum absolute atomic E-state index is 10.7. The lowest BCUT2D eigenvalue weighted by atomic mass is 10.1. The summed E-state index contributed by atoms with van der Waals surface area (Å²) in [5.74, 6) is 0. The van der Waals surface area contributed by atoms with Gasteiger partial charge in [0.25, 0.3) is 0 Å². The van der Waals surface area contributed by atoms with E-state index in [4.69, 9.17) is 4.74 Å². The summed E-state index contributed by atoms with van der Waals surface area (Å²) in [6.45, 7) is 3.99. The highest BCUT2D eigenvalue weighted by Crippen LogP contribution is 2.08. The van der Waals surface area contributed by atoms with Crippen LogP contribution in [0.15, 0.2) is 0 Å². The Hall–Kier alpha value is -0.770. The van der Waals surface area contributed by atoms with Crippen molar-refractivity contribution in [1.82, 2.24) is 10.2 Å². The summed E-state index contributed by atoms with van der Waals surface area (Å²) in [5.41, 5.74) is 0. The molecule has 1 aliphatic rings. The zero-order chi connectivity index (χ0) is 10.2. The summed E-state index contributed by atoms with van der Waals surface area (Å²) < 4.78 is 4.91. The van der Waals surface area contributed by atoms with E-state index in [1.54, 1.807) is 7.05 Å². The molecule has 0 radical (unpaired) electrons. The van der Waals surface area contributed by atoms with Crippen molar-refractivity contribution < 1.29 is 9.53 Å². The largest absolute Gasteiger partial charge is 0.450 e. The molecule has 1 rings (SSSR count). The molecule has 1 heterocycles. The van der Waals surface area contributed by atoms with Crippen LogP contribution in [0.4, 0.5) is 4.79 Å². The summed E-state index contributed by atoms with van der Waals surface area (Å²) in [6.07, 6.45) is 4.61. The molecule has 0 saturated carbocycles. The van der Waals surface area contributed by atoms with Gasteiger partial charge in [-0.25, -0.2) is 4.79 Å². The van der Waals surface area contributed by atoms with Crippen LogP contribution in [0.25, 0.3) is 0 Å². The lowest BCUT2D eigenvalue weighted by Crippen LogP contribution is -2.31. The standard InChI is InChI=1S/C10H20N2O2/c1-11-10(13)14-9-5-8-12-6-3-2-4-7-12/h2-9H2,1H3,(H,11,13).